The van der Waals surface area contributed by atoms with Gasteiger partial charge in [0.25, 0.3) is 5.91 Å². The minimum absolute atomic E-state index is 0.0930. The van der Waals surface area contributed by atoms with Gasteiger partial charge in [-0.2, -0.15) is 0 Å². The number of carbonyl (C=O) groups is 1. The van der Waals surface area contributed by atoms with Gasteiger partial charge in [-0.1, -0.05) is 13.8 Å². The summed E-state index contributed by atoms with van der Waals surface area (Å²) in [7, 11) is -3.22. The van der Waals surface area contributed by atoms with Crippen LogP contribution in [0.4, 0.5) is 0 Å². The van der Waals surface area contributed by atoms with Crippen LogP contribution in [0.25, 0.3) is 0 Å². The van der Waals surface area contributed by atoms with Crippen molar-refractivity contribution in [2.24, 2.45) is 5.92 Å². The van der Waals surface area contributed by atoms with Gasteiger partial charge in [-0.15, -0.1) is 0 Å². The number of imidazole rings is 1. The van der Waals surface area contributed by atoms with E-state index in [0.29, 0.717) is 44.9 Å². The summed E-state index contributed by atoms with van der Waals surface area (Å²) in [5, 5.41) is 2.93. The van der Waals surface area contributed by atoms with Crippen molar-refractivity contribution >= 4 is 15.9 Å². The average Bonchev–Trinajstić information content (AvgIpc) is 3.09. The fourth-order valence-electron chi connectivity index (χ4n) is 3.60. The first-order valence-electron chi connectivity index (χ1n) is 9.22. The van der Waals surface area contributed by atoms with E-state index >= 15 is 0 Å². The minimum atomic E-state index is -3.22. The number of aromatic nitrogens is 2. The van der Waals surface area contributed by atoms with Gasteiger partial charge < -0.3 is 14.6 Å². The Hall–Kier alpha value is -1.45. The van der Waals surface area contributed by atoms with Crippen molar-refractivity contribution in [2.75, 3.05) is 25.4 Å². The lowest BCUT2D eigenvalue weighted by atomic mass is 9.89. The number of hydrogen-bond donors (Lipinski definition) is 1. The smallest absolute Gasteiger partial charge is 0.251 e. The van der Waals surface area contributed by atoms with Crippen LogP contribution < -0.4 is 5.32 Å². The molecule has 1 N–H and O–H groups in total. The number of rotatable bonds is 5. The molecule has 2 aliphatic rings. The average molecular weight is 385 g/mol. The molecule has 1 aromatic rings. The molecule has 1 aromatic heterocycles. The molecule has 146 valence electrons. The Morgan fingerprint density at radius 3 is 2.73 bits per heavy atom. The second-order valence-electron chi connectivity index (χ2n) is 7.44. The normalized spacial score (nSPS) is 23.2. The van der Waals surface area contributed by atoms with E-state index < -0.39 is 21.7 Å². The van der Waals surface area contributed by atoms with Gasteiger partial charge in [0.1, 0.15) is 11.4 Å². The third-order valence-corrected chi connectivity index (χ3v) is 7.00. The Bertz CT molecular complexity index is 751. The van der Waals surface area contributed by atoms with Crippen LogP contribution in [0.15, 0.2) is 12.4 Å². The predicted molar refractivity (Wildman–Crippen MR) is 96.9 cm³/mol. The van der Waals surface area contributed by atoms with Crippen LogP contribution in [0.3, 0.4) is 0 Å². The van der Waals surface area contributed by atoms with E-state index in [9.17, 15) is 13.2 Å². The summed E-state index contributed by atoms with van der Waals surface area (Å²) in [5.41, 5.74) is -0.707. The number of fused-ring (bicyclic) bond motifs is 2. The van der Waals surface area contributed by atoms with E-state index in [1.807, 2.05) is 24.6 Å². The van der Waals surface area contributed by atoms with Crippen molar-refractivity contribution in [3.63, 3.8) is 0 Å². The molecule has 1 saturated heterocycles. The van der Waals surface area contributed by atoms with Gasteiger partial charge in [0.2, 0.25) is 10.0 Å². The molecule has 8 nitrogen and oxygen atoms in total. The number of amides is 1. The molecular weight excluding hydrogens is 356 g/mol. The fourth-order valence-corrected chi connectivity index (χ4v) is 4.71. The van der Waals surface area contributed by atoms with Crippen molar-refractivity contribution < 1.29 is 17.9 Å². The van der Waals surface area contributed by atoms with Crippen LogP contribution in [0.2, 0.25) is 0 Å². The van der Waals surface area contributed by atoms with Crippen molar-refractivity contribution in [2.45, 2.75) is 51.9 Å². The topological polar surface area (TPSA) is 93.5 Å². The van der Waals surface area contributed by atoms with E-state index in [1.54, 1.807) is 13.1 Å². The zero-order valence-electron chi connectivity index (χ0n) is 15.6. The van der Waals surface area contributed by atoms with Gasteiger partial charge in [0.05, 0.1) is 12.3 Å². The monoisotopic (exact) mass is 384 g/mol. The van der Waals surface area contributed by atoms with E-state index in [4.69, 9.17) is 4.74 Å². The molecule has 1 atom stereocenters. The Labute approximate surface area is 155 Å². The van der Waals surface area contributed by atoms with Crippen LogP contribution in [0.1, 0.15) is 39.4 Å². The summed E-state index contributed by atoms with van der Waals surface area (Å²) < 4.78 is 34.0. The van der Waals surface area contributed by atoms with Crippen LogP contribution in [0.5, 0.6) is 0 Å². The number of sulfonamides is 1. The van der Waals surface area contributed by atoms with E-state index in [0.717, 1.165) is 5.82 Å². The standard InChI is InChI=1S/C17H28N4O4S/c1-4-26(23,24)21-8-5-17(6-9-21)16-18-7-10-20(16)12-14(25-17)15(22)19-11-13(2)3/h7,10,13-14H,4-6,8-9,11-12H2,1-3H3,(H,19,22)/t14-/m1/s1. The van der Waals surface area contributed by atoms with Crippen molar-refractivity contribution in [1.82, 2.24) is 19.2 Å². The van der Waals surface area contributed by atoms with Crippen LogP contribution >= 0.6 is 0 Å². The van der Waals surface area contributed by atoms with Crippen molar-refractivity contribution in [1.29, 1.82) is 0 Å². The molecule has 0 unspecified atom stereocenters. The lowest BCUT2D eigenvalue weighted by Crippen LogP contribution is -2.55. The summed E-state index contributed by atoms with van der Waals surface area (Å²) in [6.07, 6.45) is 3.97. The molecule has 1 spiro atoms. The van der Waals surface area contributed by atoms with Crippen LogP contribution in [-0.2, 0) is 31.7 Å². The third kappa shape index (κ3) is 3.65. The molecule has 0 radical (unpaired) electrons. The highest BCUT2D eigenvalue weighted by atomic mass is 32.2. The molecule has 3 heterocycles. The lowest BCUT2D eigenvalue weighted by Gasteiger charge is -2.45. The van der Waals surface area contributed by atoms with Crippen LogP contribution in [0, 0.1) is 5.92 Å². The Kier molecular flexibility index (Phi) is 5.41. The summed E-state index contributed by atoms with van der Waals surface area (Å²) in [6, 6.07) is 0. The molecule has 3 rings (SSSR count). The molecule has 1 amide bonds. The summed E-state index contributed by atoms with van der Waals surface area (Å²) in [6.45, 7) is 7.52. The van der Waals surface area contributed by atoms with Gasteiger partial charge in [0, 0.05) is 32.0 Å². The molecule has 0 aromatic carbocycles. The number of carbonyl (C=O) groups excluding carboxylic acids is 1. The molecule has 2 aliphatic heterocycles. The highest BCUT2D eigenvalue weighted by Gasteiger charge is 2.48. The first-order valence-corrected chi connectivity index (χ1v) is 10.8. The maximum Gasteiger partial charge on any atom is 0.251 e. The van der Waals surface area contributed by atoms with Gasteiger partial charge in [-0.3, -0.25) is 4.79 Å². The number of piperidine rings is 1. The Morgan fingerprint density at radius 1 is 1.42 bits per heavy atom. The molecule has 26 heavy (non-hydrogen) atoms. The molecular formula is C17H28N4O4S. The number of nitrogens with one attached hydrogen (secondary N) is 1. The SMILES string of the molecule is CCS(=O)(=O)N1CCC2(CC1)O[C@@H](C(=O)NCC(C)C)Cn1ccnc12. The van der Waals surface area contributed by atoms with Crippen LogP contribution in [-0.4, -0.2) is 59.7 Å². The van der Waals surface area contributed by atoms with Gasteiger partial charge in [-0.05, 0) is 25.7 Å². The van der Waals surface area contributed by atoms with Crippen molar-refractivity contribution in [3.05, 3.63) is 18.2 Å². The quantitative estimate of drug-likeness (QED) is 0.806. The van der Waals surface area contributed by atoms with Gasteiger partial charge in [-0.25, -0.2) is 17.7 Å². The second-order valence-corrected chi connectivity index (χ2v) is 9.70. The predicted octanol–water partition coefficient (Wildman–Crippen LogP) is 0.695. The fraction of sp³-hybridized carbons (Fsp3) is 0.765. The molecule has 1 fully saturated rings. The third-order valence-electron chi connectivity index (χ3n) is 5.12. The first-order chi connectivity index (χ1) is 12.3. The molecule has 9 heteroatoms. The number of hydrogen-bond acceptors (Lipinski definition) is 5. The summed E-state index contributed by atoms with van der Waals surface area (Å²) in [4.78, 5) is 17.0. The zero-order chi connectivity index (χ0) is 18.9. The number of nitrogens with zero attached hydrogens (tertiary/aromatic N) is 3. The van der Waals surface area contributed by atoms with E-state index in [-0.39, 0.29) is 11.7 Å². The Morgan fingerprint density at radius 2 is 2.12 bits per heavy atom. The largest absolute Gasteiger partial charge is 0.354 e. The Balaban J connectivity index is 1.78. The summed E-state index contributed by atoms with van der Waals surface area (Å²) in [5.74, 6) is 1.12. The highest BCUT2D eigenvalue weighted by Crippen LogP contribution is 2.40. The first kappa shape index (κ1) is 19.3. The van der Waals surface area contributed by atoms with Crippen molar-refractivity contribution in [3.8, 4) is 0 Å². The highest BCUT2D eigenvalue weighted by molar-refractivity contribution is 7.89. The van der Waals surface area contributed by atoms with Gasteiger partial charge in [0.15, 0.2) is 6.10 Å². The zero-order valence-corrected chi connectivity index (χ0v) is 16.5. The molecule has 0 aliphatic carbocycles. The van der Waals surface area contributed by atoms with E-state index in [1.165, 1.54) is 4.31 Å². The summed E-state index contributed by atoms with van der Waals surface area (Å²) >= 11 is 0. The van der Waals surface area contributed by atoms with Gasteiger partial charge >= 0.3 is 0 Å². The van der Waals surface area contributed by atoms with E-state index in [2.05, 4.69) is 10.3 Å². The maximum atomic E-state index is 12.6. The number of ether oxygens (including phenoxy) is 1. The molecule has 0 bridgehead atoms. The second kappa shape index (κ2) is 7.28. The maximum absolute atomic E-state index is 12.6. The minimum Gasteiger partial charge on any atom is -0.354 e. The lowest BCUT2D eigenvalue weighted by molar-refractivity contribution is -0.170. The molecule has 0 saturated carbocycles.